The largest absolute Gasteiger partial charge is 0.512 e. The molecular formula is C6H9F8N3O6S3. The normalized spacial score (nSPS) is 15.2. The molecule has 9 nitrogen and oxygen atoms in total. The molecule has 0 aromatic heterocycles. The first-order valence-electron chi connectivity index (χ1n) is 5.65. The van der Waals surface area contributed by atoms with E-state index in [0.29, 0.717) is 0 Å². The molecule has 0 aromatic rings. The van der Waals surface area contributed by atoms with E-state index in [9.17, 15) is 60.4 Å². The summed E-state index contributed by atoms with van der Waals surface area (Å²) in [6.45, 7) is -3.81. The molecule has 0 saturated heterocycles. The van der Waals surface area contributed by atoms with Crippen LogP contribution in [0.2, 0.25) is 0 Å². The minimum absolute atomic E-state index is 0.474. The van der Waals surface area contributed by atoms with Crippen LogP contribution in [0.4, 0.5) is 35.1 Å². The molecule has 0 atom stereocenters. The SMILES string of the molecule is O=S(=O)(NS(=O)(=O)C(F)(F)S(=O)(=O)NCCNCC(F)(F)F)C(F)(F)F. The first-order valence-corrected chi connectivity index (χ1v) is 10.1. The summed E-state index contributed by atoms with van der Waals surface area (Å²) in [5.74, 6) is 0. The Balaban J connectivity index is 5.22. The first kappa shape index (κ1) is 25.2. The van der Waals surface area contributed by atoms with Gasteiger partial charge in [-0.15, -0.1) is 0 Å². The molecule has 0 radical (unpaired) electrons. The van der Waals surface area contributed by atoms with E-state index in [-0.39, 0.29) is 0 Å². The number of alkyl halides is 8. The van der Waals surface area contributed by atoms with Crippen LogP contribution in [0.5, 0.6) is 0 Å². The molecule has 26 heavy (non-hydrogen) atoms. The minimum atomic E-state index is -6.97. The summed E-state index contributed by atoms with van der Waals surface area (Å²) in [5.41, 5.74) is -6.35. The second-order valence-corrected chi connectivity index (χ2v) is 9.91. The van der Waals surface area contributed by atoms with Gasteiger partial charge in [-0.2, -0.15) is 35.1 Å². The maximum Gasteiger partial charge on any atom is 0.512 e. The highest BCUT2D eigenvalue weighted by Gasteiger charge is 2.61. The summed E-state index contributed by atoms with van der Waals surface area (Å²) < 4.78 is 158. The quantitative estimate of drug-likeness (QED) is 0.303. The third kappa shape index (κ3) is 6.40. The monoisotopic (exact) mass is 467 g/mol. The Bertz CT molecular complexity index is 800. The van der Waals surface area contributed by atoms with Crippen LogP contribution in [0.15, 0.2) is 0 Å². The fourth-order valence-corrected chi connectivity index (χ4v) is 5.07. The van der Waals surface area contributed by atoms with Crippen LogP contribution in [0.1, 0.15) is 0 Å². The average Bonchev–Trinajstić information content (AvgIpc) is 2.33. The zero-order valence-electron chi connectivity index (χ0n) is 11.8. The predicted octanol–water partition coefficient (Wildman–Crippen LogP) is -0.623. The number of hydrogen-bond acceptors (Lipinski definition) is 7. The highest BCUT2D eigenvalue weighted by molar-refractivity contribution is 8.13. The molecule has 20 heteroatoms. The highest BCUT2D eigenvalue weighted by atomic mass is 32.3. The molecule has 0 rings (SSSR count). The summed E-state index contributed by atoms with van der Waals surface area (Å²) in [7, 11) is -20.2. The van der Waals surface area contributed by atoms with E-state index >= 15 is 0 Å². The Morgan fingerprint density at radius 1 is 0.654 bits per heavy atom. The molecular weight excluding hydrogens is 458 g/mol. The van der Waals surface area contributed by atoms with Crippen molar-refractivity contribution in [2.45, 2.75) is 16.3 Å². The summed E-state index contributed by atoms with van der Waals surface area (Å²) in [6.07, 6.45) is -4.73. The van der Waals surface area contributed by atoms with E-state index in [0.717, 1.165) is 4.72 Å². The summed E-state index contributed by atoms with van der Waals surface area (Å²) >= 11 is 0. The Hall–Kier alpha value is -0.830. The second-order valence-electron chi connectivity index (χ2n) is 4.19. The summed E-state index contributed by atoms with van der Waals surface area (Å²) in [6, 6.07) is 0. The Morgan fingerprint density at radius 2 is 1.12 bits per heavy atom. The fraction of sp³-hybridized carbons (Fsp3) is 1.00. The van der Waals surface area contributed by atoms with Crippen LogP contribution in [0, 0.1) is 0 Å². The zero-order valence-corrected chi connectivity index (χ0v) is 14.3. The molecule has 0 bridgehead atoms. The molecule has 0 fully saturated rings. The van der Waals surface area contributed by atoms with E-state index in [2.05, 4.69) is 0 Å². The maximum absolute atomic E-state index is 13.5. The van der Waals surface area contributed by atoms with Gasteiger partial charge in [0.15, 0.2) is 0 Å². The number of halogens is 8. The maximum atomic E-state index is 13.5. The number of rotatable bonds is 9. The van der Waals surface area contributed by atoms with Crippen molar-refractivity contribution in [3.63, 3.8) is 0 Å². The first-order chi connectivity index (χ1) is 11.2. The summed E-state index contributed by atoms with van der Waals surface area (Å²) in [5, 5.41) is 1.54. The topological polar surface area (TPSA) is 139 Å². The van der Waals surface area contributed by atoms with Gasteiger partial charge in [0.1, 0.15) is 0 Å². The van der Waals surface area contributed by atoms with Gasteiger partial charge in [0.05, 0.1) is 6.54 Å². The van der Waals surface area contributed by atoms with Gasteiger partial charge in [0, 0.05) is 13.1 Å². The van der Waals surface area contributed by atoms with Crippen molar-refractivity contribution >= 4 is 30.1 Å². The van der Waals surface area contributed by atoms with Gasteiger partial charge < -0.3 is 5.32 Å². The number of sulfonamides is 3. The van der Waals surface area contributed by atoms with Crippen molar-refractivity contribution in [3.8, 4) is 0 Å². The fourth-order valence-electron chi connectivity index (χ4n) is 0.973. The van der Waals surface area contributed by atoms with Crippen molar-refractivity contribution < 1.29 is 60.4 Å². The van der Waals surface area contributed by atoms with Crippen molar-refractivity contribution in [3.05, 3.63) is 0 Å². The van der Waals surface area contributed by atoms with Gasteiger partial charge >= 0.3 is 36.3 Å². The van der Waals surface area contributed by atoms with Crippen molar-refractivity contribution in [1.82, 2.24) is 14.2 Å². The van der Waals surface area contributed by atoms with Gasteiger partial charge in [0.25, 0.3) is 10.0 Å². The molecule has 0 heterocycles. The third-order valence-electron chi connectivity index (χ3n) is 2.07. The molecule has 0 amide bonds. The molecule has 3 N–H and O–H groups in total. The van der Waals surface area contributed by atoms with Crippen LogP contribution in [-0.2, 0) is 30.1 Å². The van der Waals surface area contributed by atoms with Gasteiger partial charge in [-0.25, -0.2) is 30.0 Å². The van der Waals surface area contributed by atoms with Gasteiger partial charge in [-0.3, -0.25) is 0 Å². The zero-order chi connectivity index (χ0) is 21.2. The predicted molar refractivity (Wildman–Crippen MR) is 67.8 cm³/mol. The van der Waals surface area contributed by atoms with E-state index < -0.39 is 70.1 Å². The molecule has 0 aliphatic carbocycles. The molecule has 0 aliphatic heterocycles. The number of hydrogen-bond donors (Lipinski definition) is 3. The molecule has 0 aromatic carbocycles. The van der Waals surface area contributed by atoms with Crippen LogP contribution in [0.3, 0.4) is 0 Å². The van der Waals surface area contributed by atoms with Gasteiger partial charge in [-0.05, 0) is 0 Å². The lowest BCUT2D eigenvalue weighted by Gasteiger charge is -2.19. The van der Waals surface area contributed by atoms with Crippen LogP contribution in [-0.4, -0.2) is 61.2 Å². The molecule has 0 aliphatic rings. The molecule has 0 unspecified atom stereocenters. The van der Waals surface area contributed by atoms with Crippen molar-refractivity contribution in [2.75, 3.05) is 19.6 Å². The Kier molecular flexibility index (Phi) is 7.41. The van der Waals surface area contributed by atoms with E-state index in [4.69, 9.17) is 0 Å². The van der Waals surface area contributed by atoms with Crippen molar-refractivity contribution in [1.29, 1.82) is 0 Å². The molecule has 0 saturated carbocycles. The van der Waals surface area contributed by atoms with Crippen LogP contribution < -0.4 is 14.2 Å². The van der Waals surface area contributed by atoms with Crippen molar-refractivity contribution in [2.24, 2.45) is 0 Å². The standard InChI is InChI=1S/C6H9F8N3O6S3/c7-4(8,9)3-15-1-2-16-25(20,21)6(13,14)26(22,23)17-24(18,19)5(10,11)12/h15-17H,1-3H2. The lowest BCUT2D eigenvalue weighted by molar-refractivity contribution is -0.124. The highest BCUT2D eigenvalue weighted by Crippen LogP contribution is 2.30. The average molecular weight is 467 g/mol. The Labute approximate surface area is 141 Å². The third-order valence-corrected chi connectivity index (χ3v) is 7.59. The van der Waals surface area contributed by atoms with Gasteiger partial charge in [-0.1, -0.05) is 4.13 Å². The summed E-state index contributed by atoms with van der Waals surface area (Å²) in [4.78, 5) is 0. The van der Waals surface area contributed by atoms with E-state index in [1.54, 1.807) is 0 Å². The van der Waals surface area contributed by atoms with Crippen LogP contribution >= 0.6 is 0 Å². The molecule has 158 valence electrons. The second kappa shape index (κ2) is 7.66. The molecule has 0 spiro atoms. The lowest BCUT2D eigenvalue weighted by Crippen LogP contribution is -2.54. The lowest BCUT2D eigenvalue weighted by atomic mass is 10.6. The number of nitrogens with one attached hydrogen (secondary N) is 3. The van der Waals surface area contributed by atoms with Gasteiger partial charge in [0.2, 0.25) is 0 Å². The Morgan fingerprint density at radius 3 is 1.50 bits per heavy atom. The smallest absolute Gasteiger partial charge is 0.307 e. The van der Waals surface area contributed by atoms with Crippen LogP contribution in [0.25, 0.3) is 0 Å². The minimum Gasteiger partial charge on any atom is -0.307 e. The van der Waals surface area contributed by atoms with E-state index in [1.165, 1.54) is 5.32 Å². The van der Waals surface area contributed by atoms with E-state index in [1.807, 2.05) is 0 Å².